The number of rotatable bonds is 25. The van der Waals surface area contributed by atoms with Crippen molar-refractivity contribution in [1.82, 2.24) is 36.8 Å². The Morgan fingerprint density at radius 1 is 0.767 bits per heavy atom. The molecule has 21 heteroatoms. The van der Waals surface area contributed by atoms with Crippen molar-refractivity contribution < 1.29 is 43.5 Å². The van der Waals surface area contributed by atoms with E-state index in [2.05, 4.69) is 36.9 Å². The summed E-state index contributed by atoms with van der Waals surface area (Å²) < 4.78 is 0. The fourth-order valence-corrected chi connectivity index (χ4v) is 6.29. The molecule has 2 rings (SSSR count). The number of aliphatic imine (C=N–C) groups is 1. The molecule has 7 atom stereocenters. The average Bonchev–Trinajstić information content (AvgIpc) is 3.50. The number of carbonyl (C=O) groups is 8. The first-order valence-corrected chi connectivity index (χ1v) is 20.0. The molecule has 0 aromatic heterocycles. The van der Waals surface area contributed by atoms with Crippen LogP contribution in [0.4, 0.5) is 0 Å². The number of nitrogens with one attached hydrogen (secondary N) is 6. The van der Waals surface area contributed by atoms with Crippen LogP contribution in [-0.2, 0) is 44.8 Å². The number of carbonyl (C=O) groups excluding carboxylic acids is 8. The first kappa shape index (κ1) is 50.3. The summed E-state index contributed by atoms with van der Waals surface area (Å²) in [7, 11) is 0. The normalized spacial score (nSPS) is 16.7. The summed E-state index contributed by atoms with van der Waals surface area (Å²) in [6.45, 7) is 7.73. The Labute approximate surface area is 350 Å². The average molecular weight is 845 g/mol. The van der Waals surface area contributed by atoms with Crippen LogP contribution in [0.3, 0.4) is 0 Å². The molecule has 1 fully saturated rings. The van der Waals surface area contributed by atoms with Gasteiger partial charge in [0, 0.05) is 25.9 Å². The van der Waals surface area contributed by atoms with Crippen molar-refractivity contribution in [3.05, 3.63) is 35.9 Å². The summed E-state index contributed by atoms with van der Waals surface area (Å²) >= 11 is 0. The number of hydrogen-bond acceptors (Lipinski definition) is 11. The lowest BCUT2D eigenvalue weighted by Gasteiger charge is -2.27. The zero-order chi connectivity index (χ0) is 45.1. The summed E-state index contributed by atoms with van der Waals surface area (Å²) in [4.78, 5) is 109. The Morgan fingerprint density at radius 3 is 1.92 bits per heavy atom. The Kier molecular flexibility index (Phi) is 20.9. The van der Waals surface area contributed by atoms with E-state index >= 15 is 0 Å². The van der Waals surface area contributed by atoms with Gasteiger partial charge < -0.3 is 64.8 Å². The van der Waals surface area contributed by atoms with Gasteiger partial charge in [-0.05, 0) is 50.0 Å². The molecule has 1 saturated heterocycles. The van der Waals surface area contributed by atoms with Crippen LogP contribution in [0.2, 0.25) is 0 Å². The summed E-state index contributed by atoms with van der Waals surface area (Å²) in [5, 5.41) is 25.6. The minimum absolute atomic E-state index is 0.00861. The fraction of sp³-hybridized carbons (Fsp3) is 0.615. The van der Waals surface area contributed by atoms with Crippen molar-refractivity contribution in [2.24, 2.45) is 39.8 Å². The van der Waals surface area contributed by atoms with E-state index in [1.54, 1.807) is 30.3 Å². The highest BCUT2D eigenvalue weighted by atomic mass is 16.3. The fourth-order valence-electron chi connectivity index (χ4n) is 6.29. The van der Waals surface area contributed by atoms with Gasteiger partial charge in [0.2, 0.25) is 47.3 Å². The summed E-state index contributed by atoms with van der Waals surface area (Å²) in [6.07, 6.45) is 0.572. The number of hydrogen-bond donors (Lipinski definition) is 11. The van der Waals surface area contributed by atoms with Crippen molar-refractivity contribution in [3.8, 4) is 0 Å². The molecule has 1 aromatic rings. The number of primary amides is 1. The molecule has 0 radical (unpaired) electrons. The van der Waals surface area contributed by atoms with Gasteiger partial charge in [-0.1, -0.05) is 58.0 Å². The minimum atomic E-state index is -1.44. The van der Waals surface area contributed by atoms with E-state index in [-0.39, 0.29) is 69.5 Å². The largest absolute Gasteiger partial charge is 0.394 e. The third-order valence-electron chi connectivity index (χ3n) is 9.41. The molecule has 0 spiro atoms. The van der Waals surface area contributed by atoms with Gasteiger partial charge in [0.05, 0.1) is 25.2 Å². The second-order valence-corrected chi connectivity index (χ2v) is 15.8. The van der Waals surface area contributed by atoms with Crippen LogP contribution in [0.15, 0.2) is 35.3 Å². The summed E-state index contributed by atoms with van der Waals surface area (Å²) in [5.74, 6) is -5.63. The number of likely N-dealkylation sites (tertiary alicyclic amines) is 1. The van der Waals surface area contributed by atoms with E-state index in [0.29, 0.717) is 12.0 Å². The van der Waals surface area contributed by atoms with Crippen LogP contribution in [0, 0.1) is 11.8 Å². The Morgan fingerprint density at radius 2 is 1.33 bits per heavy atom. The molecule has 0 saturated carbocycles. The molecular formula is C39H64N12O9. The standard InChI is InChI=1S/C39H64N12O9/c1-21(2)14-26(40)34(56)50-30(20-52)38(60)47-27(12-9-13-44-39(42)43)35(57)48-28(15-22(3)4)37(59)49-29(16-24-10-7-6-8-11-24)36(58)46-25-17-32(54)51(18-25)19-31(53)45-23(5)33(41)55/h6-8,10-11,21-23,25-30,52H,9,12-20,40H2,1-5H3,(H2,41,55)(H,45,53)(H,46,58)(H,47,60)(H,48,57)(H,49,59)(H,50,56)(H4,42,43,44)/t23-,25-,26-,27-,28-,29-,30-/m0/s1. The van der Waals surface area contributed by atoms with Crippen LogP contribution in [-0.4, -0.2) is 132 Å². The lowest BCUT2D eigenvalue weighted by molar-refractivity contribution is -0.135. The molecule has 0 bridgehead atoms. The highest BCUT2D eigenvalue weighted by Gasteiger charge is 2.36. The Balaban J connectivity index is 2.29. The number of benzene rings is 1. The number of nitrogens with two attached hydrogens (primary N) is 4. The third kappa shape index (κ3) is 18.0. The van der Waals surface area contributed by atoms with Crippen LogP contribution in [0.5, 0.6) is 0 Å². The van der Waals surface area contributed by atoms with Crippen LogP contribution >= 0.6 is 0 Å². The van der Waals surface area contributed by atoms with Crippen molar-refractivity contribution in [2.45, 2.75) is 115 Å². The van der Waals surface area contributed by atoms with Crippen LogP contribution < -0.4 is 54.8 Å². The van der Waals surface area contributed by atoms with Crippen LogP contribution in [0.1, 0.15) is 72.3 Å². The molecular weight excluding hydrogens is 781 g/mol. The zero-order valence-corrected chi connectivity index (χ0v) is 35.1. The van der Waals surface area contributed by atoms with Gasteiger partial charge in [-0.3, -0.25) is 43.3 Å². The predicted molar refractivity (Wildman–Crippen MR) is 222 cm³/mol. The van der Waals surface area contributed by atoms with Gasteiger partial charge in [-0.2, -0.15) is 0 Å². The van der Waals surface area contributed by atoms with E-state index in [0.717, 1.165) is 0 Å². The maximum atomic E-state index is 14.0. The molecule has 1 heterocycles. The smallest absolute Gasteiger partial charge is 0.245 e. The SMILES string of the molecule is CC(C)C[C@H](NC(=O)[C@H](CCCN=C(N)N)NC(=O)[C@H](CO)NC(=O)[C@@H](N)CC(C)C)C(=O)N[C@@H](Cc1ccccc1)C(=O)N[C@H]1CC(=O)N(CC(=O)N[C@@H](C)C(N)=O)C1. The molecule has 1 aliphatic heterocycles. The van der Waals surface area contributed by atoms with E-state index in [9.17, 15) is 43.5 Å². The number of guanidine groups is 1. The van der Waals surface area contributed by atoms with Gasteiger partial charge in [0.25, 0.3) is 0 Å². The predicted octanol–water partition coefficient (Wildman–Crippen LogP) is -3.66. The molecule has 15 N–H and O–H groups in total. The van der Waals surface area contributed by atoms with Gasteiger partial charge in [0.1, 0.15) is 30.2 Å². The summed E-state index contributed by atoms with van der Waals surface area (Å²) in [6, 6.07) is 1.14. The number of nitrogens with zero attached hydrogens (tertiary/aromatic N) is 2. The third-order valence-corrected chi connectivity index (χ3v) is 9.41. The van der Waals surface area contributed by atoms with Crippen molar-refractivity contribution in [3.63, 3.8) is 0 Å². The van der Waals surface area contributed by atoms with Crippen molar-refractivity contribution >= 4 is 53.2 Å². The summed E-state index contributed by atoms with van der Waals surface area (Å²) in [5.41, 5.74) is 22.8. The van der Waals surface area contributed by atoms with Gasteiger partial charge >= 0.3 is 0 Å². The maximum absolute atomic E-state index is 14.0. The van der Waals surface area contributed by atoms with Crippen molar-refractivity contribution in [2.75, 3.05) is 26.2 Å². The lowest BCUT2D eigenvalue weighted by Crippen LogP contribution is -2.60. The van der Waals surface area contributed by atoms with E-state index in [4.69, 9.17) is 22.9 Å². The molecule has 0 unspecified atom stereocenters. The second kappa shape index (κ2) is 24.9. The monoisotopic (exact) mass is 844 g/mol. The lowest BCUT2D eigenvalue weighted by atomic mass is 10.00. The first-order valence-electron chi connectivity index (χ1n) is 20.0. The molecule has 21 nitrogen and oxygen atoms in total. The van der Waals surface area contributed by atoms with Crippen molar-refractivity contribution in [1.29, 1.82) is 0 Å². The maximum Gasteiger partial charge on any atom is 0.245 e. The van der Waals surface area contributed by atoms with Gasteiger partial charge in [0.15, 0.2) is 5.96 Å². The first-order chi connectivity index (χ1) is 28.2. The minimum Gasteiger partial charge on any atom is -0.394 e. The quantitative estimate of drug-likeness (QED) is 0.0258. The second-order valence-electron chi connectivity index (χ2n) is 15.8. The molecule has 0 aliphatic carbocycles. The molecule has 8 amide bonds. The molecule has 1 aliphatic rings. The Bertz CT molecular complexity index is 1670. The molecule has 334 valence electrons. The number of aliphatic hydroxyl groups is 1. The van der Waals surface area contributed by atoms with E-state index in [1.165, 1.54) is 11.8 Å². The highest BCUT2D eigenvalue weighted by molar-refractivity contribution is 5.96. The number of aliphatic hydroxyl groups excluding tert-OH is 1. The molecule has 1 aromatic carbocycles. The van der Waals surface area contributed by atoms with Gasteiger partial charge in [-0.15, -0.1) is 0 Å². The van der Waals surface area contributed by atoms with E-state index < -0.39 is 96.2 Å². The topological polar surface area (TPSA) is 349 Å². The van der Waals surface area contributed by atoms with Crippen LogP contribution in [0.25, 0.3) is 0 Å². The Hall–Kier alpha value is -5.83. The highest BCUT2D eigenvalue weighted by Crippen LogP contribution is 2.14. The van der Waals surface area contributed by atoms with E-state index in [1.807, 2.05) is 27.7 Å². The zero-order valence-electron chi connectivity index (χ0n) is 35.1. The number of amides is 8. The molecule has 60 heavy (non-hydrogen) atoms. The van der Waals surface area contributed by atoms with Gasteiger partial charge in [-0.25, -0.2) is 0 Å².